The summed E-state index contributed by atoms with van der Waals surface area (Å²) in [6.07, 6.45) is -4.17. The highest BCUT2D eigenvalue weighted by atomic mass is 32.2. The average molecular weight is 409 g/mol. The molecule has 1 fully saturated rings. The van der Waals surface area contributed by atoms with E-state index < -0.39 is 33.7 Å². The SMILES string of the molecule is O=S(=O)(CC1CCOC1)NCc1ccc(-c2noc(C(F)(F)F)n2)c(F)c1. The number of nitrogens with zero attached hydrogens (tertiary/aromatic N) is 2. The van der Waals surface area contributed by atoms with Crippen LogP contribution in [0.2, 0.25) is 0 Å². The molecule has 2 heterocycles. The molecule has 0 aliphatic carbocycles. The van der Waals surface area contributed by atoms with Gasteiger partial charge in [-0.05, 0) is 30.0 Å². The second-order valence-electron chi connectivity index (χ2n) is 6.07. The number of benzene rings is 1. The Balaban J connectivity index is 1.67. The topological polar surface area (TPSA) is 94.3 Å². The molecule has 12 heteroatoms. The monoisotopic (exact) mass is 409 g/mol. The maximum Gasteiger partial charge on any atom is 0.471 e. The van der Waals surface area contributed by atoms with Gasteiger partial charge in [0.1, 0.15) is 5.82 Å². The average Bonchev–Trinajstić information content (AvgIpc) is 3.24. The van der Waals surface area contributed by atoms with Gasteiger partial charge >= 0.3 is 12.1 Å². The van der Waals surface area contributed by atoms with Gasteiger partial charge in [-0.3, -0.25) is 0 Å². The third-order valence-electron chi connectivity index (χ3n) is 3.92. The summed E-state index contributed by atoms with van der Waals surface area (Å²) in [5.74, 6) is -3.19. The van der Waals surface area contributed by atoms with Gasteiger partial charge in [-0.25, -0.2) is 17.5 Å². The minimum absolute atomic E-state index is 0.0809. The fraction of sp³-hybridized carbons (Fsp3) is 0.467. The lowest BCUT2D eigenvalue weighted by atomic mass is 10.1. The highest BCUT2D eigenvalue weighted by Crippen LogP contribution is 2.30. The standard InChI is InChI=1S/C15H15F4N3O4S/c16-12-5-9(6-20-27(23,24)8-10-3-4-25-7-10)1-2-11(12)13-21-14(26-22-13)15(17,18)19/h1-2,5,10,20H,3-4,6-8H2. The molecule has 0 spiro atoms. The number of halogens is 4. The number of ether oxygens (including phenoxy) is 1. The zero-order valence-corrected chi connectivity index (χ0v) is 14.6. The number of hydrogen-bond donors (Lipinski definition) is 1. The molecule has 1 aromatic carbocycles. The predicted molar refractivity (Wildman–Crippen MR) is 84.2 cm³/mol. The van der Waals surface area contributed by atoms with E-state index in [9.17, 15) is 26.0 Å². The van der Waals surface area contributed by atoms with E-state index in [2.05, 4.69) is 19.4 Å². The summed E-state index contributed by atoms with van der Waals surface area (Å²) in [6.45, 7) is 0.751. The molecule has 27 heavy (non-hydrogen) atoms. The van der Waals surface area contributed by atoms with Crippen LogP contribution < -0.4 is 4.72 Å². The third kappa shape index (κ3) is 5.02. The fourth-order valence-electron chi connectivity index (χ4n) is 2.58. The van der Waals surface area contributed by atoms with Crippen LogP contribution in [0.5, 0.6) is 0 Å². The minimum atomic E-state index is -4.83. The van der Waals surface area contributed by atoms with Crippen molar-refractivity contribution in [3.63, 3.8) is 0 Å². The van der Waals surface area contributed by atoms with Gasteiger partial charge in [-0.2, -0.15) is 18.2 Å². The first kappa shape index (κ1) is 19.7. The largest absolute Gasteiger partial charge is 0.471 e. The van der Waals surface area contributed by atoms with Gasteiger partial charge in [0.05, 0.1) is 17.9 Å². The Bertz CT molecular complexity index is 908. The number of hydrogen-bond acceptors (Lipinski definition) is 6. The Kier molecular flexibility index (Phi) is 5.49. The first-order chi connectivity index (χ1) is 12.6. The lowest BCUT2D eigenvalue weighted by molar-refractivity contribution is -0.159. The number of alkyl halides is 3. The van der Waals surface area contributed by atoms with Gasteiger partial charge in [0.25, 0.3) is 0 Å². The maximum atomic E-state index is 14.2. The zero-order valence-electron chi connectivity index (χ0n) is 13.8. The third-order valence-corrected chi connectivity index (χ3v) is 5.41. The minimum Gasteiger partial charge on any atom is -0.381 e. The molecule has 1 atom stereocenters. The van der Waals surface area contributed by atoms with Crippen molar-refractivity contribution in [1.82, 2.24) is 14.9 Å². The molecule has 1 unspecified atom stereocenters. The molecule has 7 nitrogen and oxygen atoms in total. The van der Waals surface area contributed by atoms with Crippen LogP contribution in [0.3, 0.4) is 0 Å². The van der Waals surface area contributed by atoms with E-state index in [4.69, 9.17) is 4.74 Å². The Morgan fingerprint density at radius 3 is 2.67 bits per heavy atom. The van der Waals surface area contributed by atoms with Gasteiger partial charge in [-0.15, -0.1) is 0 Å². The van der Waals surface area contributed by atoms with Gasteiger partial charge in [-0.1, -0.05) is 11.2 Å². The molecular formula is C15H15F4N3O4S. The second kappa shape index (κ2) is 7.52. The molecule has 1 saturated heterocycles. The van der Waals surface area contributed by atoms with Crippen molar-refractivity contribution < 1.29 is 35.2 Å². The number of sulfonamides is 1. The molecule has 0 radical (unpaired) electrons. The molecule has 2 aromatic rings. The Hall–Kier alpha value is -2.05. The summed E-state index contributed by atoms with van der Waals surface area (Å²) in [6, 6.07) is 3.53. The van der Waals surface area contributed by atoms with Crippen LogP contribution in [0, 0.1) is 11.7 Å². The summed E-state index contributed by atoms with van der Waals surface area (Å²) < 4.78 is 87.2. The Labute approximate surface area is 151 Å². The molecule has 1 aromatic heterocycles. The van der Waals surface area contributed by atoms with E-state index >= 15 is 0 Å². The van der Waals surface area contributed by atoms with Crippen LogP contribution in [0.4, 0.5) is 17.6 Å². The molecular weight excluding hydrogens is 394 g/mol. The first-order valence-corrected chi connectivity index (χ1v) is 9.54. The first-order valence-electron chi connectivity index (χ1n) is 7.89. The van der Waals surface area contributed by atoms with Crippen molar-refractivity contribution in [3.05, 3.63) is 35.5 Å². The van der Waals surface area contributed by atoms with E-state index in [1.165, 1.54) is 6.07 Å². The molecule has 148 valence electrons. The zero-order chi connectivity index (χ0) is 19.7. The molecule has 0 bridgehead atoms. The van der Waals surface area contributed by atoms with E-state index in [1.807, 2.05) is 0 Å². The number of nitrogens with one attached hydrogen (secondary N) is 1. The van der Waals surface area contributed by atoms with E-state index in [0.717, 1.165) is 12.1 Å². The lowest BCUT2D eigenvalue weighted by Gasteiger charge is -2.10. The van der Waals surface area contributed by atoms with Gasteiger partial charge < -0.3 is 9.26 Å². The summed E-state index contributed by atoms with van der Waals surface area (Å²) >= 11 is 0. The normalized spacial score (nSPS) is 18.1. The summed E-state index contributed by atoms with van der Waals surface area (Å²) in [5.41, 5.74) is 0.00555. The number of aromatic nitrogens is 2. The lowest BCUT2D eigenvalue weighted by Crippen LogP contribution is -2.29. The molecule has 1 N–H and O–H groups in total. The van der Waals surface area contributed by atoms with Crippen LogP contribution in [0.15, 0.2) is 22.7 Å². The van der Waals surface area contributed by atoms with Crippen molar-refractivity contribution in [3.8, 4) is 11.4 Å². The van der Waals surface area contributed by atoms with Crippen molar-refractivity contribution >= 4 is 10.0 Å². The molecule has 1 aliphatic rings. The number of rotatable bonds is 6. The van der Waals surface area contributed by atoms with Crippen molar-refractivity contribution in [1.29, 1.82) is 0 Å². The predicted octanol–water partition coefficient (Wildman–Crippen LogP) is 2.35. The Morgan fingerprint density at radius 2 is 2.07 bits per heavy atom. The summed E-state index contributed by atoms with van der Waals surface area (Å²) in [5, 5.41) is 3.12. The highest BCUT2D eigenvalue weighted by Gasteiger charge is 2.38. The molecule has 1 aliphatic heterocycles. The van der Waals surface area contributed by atoms with Crippen LogP contribution in [-0.2, 0) is 27.5 Å². The molecule has 3 rings (SSSR count). The van der Waals surface area contributed by atoms with E-state index in [-0.39, 0.29) is 23.8 Å². The van der Waals surface area contributed by atoms with Gasteiger partial charge in [0.15, 0.2) is 0 Å². The fourth-order valence-corrected chi connectivity index (χ4v) is 3.96. The Morgan fingerprint density at radius 1 is 1.30 bits per heavy atom. The van der Waals surface area contributed by atoms with Crippen molar-refractivity contribution in [2.24, 2.45) is 5.92 Å². The van der Waals surface area contributed by atoms with E-state index in [1.54, 1.807) is 0 Å². The van der Waals surface area contributed by atoms with E-state index in [0.29, 0.717) is 25.2 Å². The molecule has 0 amide bonds. The summed E-state index contributed by atoms with van der Waals surface area (Å²) in [4.78, 5) is 3.12. The summed E-state index contributed by atoms with van der Waals surface area (Å²) in [7, 11) is -3.57. The van der Waals surface area contributed by atoms with Crippen LogP contribution in [-0.4, -0.2) is 37.5 Å². The second-order valence-corrected chi connectivity index (χ2v) is 7.92. The smallest absolute Gasteiger partial charge is 0.381 e. The van der Waals surface area contributed by atoms with Crippen molar-refractivity contribution in [2.75, 3.05) is 19.0 Å². The highest BCUT2D eigenvalue weighted by molar-refractivity contribution is 7.89. The van der Waals surface area contributed by atoms with Gasteiger partial charge in [0.2, 0.25) is 15.8 Å². The quantitative estimate of drug-likeness (QED) is 0.736. The maximum absolute atomic E-state index is 14.2. The van der Waals surface area contributed by atoms with Gasteiger partial charge in [0, 0.05) is 13.2 Å². The van der Waals surface area contributed by atoms with Crippen LogP contribution in [0.25, 0.3) is 11.4 Å². The van der Waals surface area contributed by atoms with Crippen LogP contribution in [0.1, 0.15) is 17.9 Å². The van der Waals surface area contributed by atoms with Crippen LogP contribution >= 0.6 is 0 Å². The van der Waals surface area contributed by atoms with Crippen molar-refractivity contribution in [2.45, 2.75) is 19.1 Å². The molecule has 0 saturated carbocycles.